The van der Waals surface area contributed by atoms with E-state index in [-0.39, 0.29) is 5.56 Å². The van der Waals surface area contributed by atoms with Gasteiger partial charge in [-0.15, -0.1) is 0 Å². The Kier molecular flexibility index (Phi) is 2.59. The normalized spacial score (nSPS) is 11.7. The first-order valence-corrected chi connectivity index (χ1v) is 7.87. The summed E-state index contributed by atoms with van der Waals surface area (Å²) in [5, 5.41) is 5.93. The zero-order valence-electron chi connectivity index (χ0n) is 13.4. The van der Waals surface area contributed by atoms with Gasteiger partial charge in [-0.25, -0.2) is 9.67 Å². The van der Waals surface area contributed by atoms with Gasteiger partial charge in [0.25, 0.3) is 5.56 Å². The average molecular weight is 330 g/mol. The van der Waals surface area contributed by atoms with Crippen molar-refractivity contribution in [1.82, 2.24) is 24.7 Å². The first-order chi connectivity index (χ1) is 12.1. The molecule has 0 amide bonds. The number of aromatic nitrogens is 5. The quantitative estimate of drug-likeness (QED) is 0.439. The number of fused-ring (bicyclic) bond motifs is 4. The molecule has 5 rings (SSSR count). The van der Waals surface area contributed by atoms with Crippen LogP contribution in [0.1, 0.15) is 5.56 Å². The van der Waals surface area contributed by atoms with Crippen LogP contribution in [-0.2, 0) is 0 Å². The number of aromatic amines is 2. The number of hydrogen-bond donors (Lipinski definition) is 3. The molecule has 0 aliphatic rings. The van der Waals surface area contributed by atoms with Gasteiger partial charge in [-0.05, 0) is 30.7 Å². The Morgan fingerprint density at radius 1 is 1.16 bits per heavy atom. The van der Waals surface area contributed by atoms with Crippen LogP contribution in [0.4, 0.5) is 5.82 Å². The largest absolute Gasteiger partial charge is 0.383 e. The number of H-pyrrole nitrogens is 2. The van der Waals surface area contributed by atoms with Crippen molar-refractivity contribution in [2.24, 2.45) is 0 Å². The second kappa shape index (κ2) is 4.70. The number of para-hydroxylation sites is 1. The number of nitrogens with two attached hydrogens (primary N) is 1. The molecule has 0 unspecified atom stereocenters. The monoisotopic (exact) mass is 330 g/mol. The maximum Gasteiger partial charge on any atom is 0.261 e. The van der Waals surface area contributed by atoms with Crippen molar-refractivity contribution in [2.75, 3.05) is 5.73 Å². The third kappa shape index (κ3) is 1.83. The van der Waals surface area contributed by atoms with Crippen LogP contribution in [0.3, 0.4) is 0 Å². The number of pyridine rings is 1. The summed E-state index contributed by atoms with van der Waals surface area (Å²) >= 11 is 0. The molecule has 7 nitrogen and oxygen atoms in total. The summed E-state index contributed by atoms with van der Waals surface area (Å²) in [5.41, 5.74) is 11.0. The van der Waals surface area contributed by atoms with E-state index < -0.39 is 0 Å². The van der Waals surface area contributed by atoms with Gasteiger partial charge in [-0.3, -0.25) is 4.79 Å². The van der Waals surface area contributed by atoms with Gasteiger partial charge in [0.1, 0.15) is 16.7 Å². The molecule has 5 aromatic rings. The Balaban J connectivity index is 1.91. The number of imidazole rings is 1. The van der Waals surface area contributed by atoms with E-state index in [1.165, 1.54) is 0 Å². The molecule has 4 N–H and O–H groups in total. The van der Waals surface area contributed by atoms with Crippen LogP contribution in [0.25, 0.3) is 38.5 Å². The fourth-order valence-corrected chi connectivity index (χ4v) is 3.31. The van der Waals surface area contributed by atoms with E-state index in [1.807, 2.05) is 43.3 Å². The lowest BCUT2D eigenvalue weighted by atomic mass is 10.1. The summed E-state index contributed by atoms with van der Waals surface area (Å²) < 4.78 is 1.63. The average Bonchev–Trinajstić information content (AvgIpc) is 3.18. The molecular formula is C18H14N6O. The van der Waals surface area contributed by atoms with Crippen LogP contribution in [-0.4, -0.2) is 24.7 Å². The lowest BCUT2D eigenvalue weighted by molar-refractivity contribution is 0.902. The molecule has 0 aliphatic carbocycles. The first kappa shape index (κ1) is 13.8. The van der Waals surface area contributed by atoms with Crippen LogP contribution in [0, 0.1) is 6.92 Å². The van der Waals surface area contributed by atoms with Crippen LogP contribution in [0.5, 0.6) is 0 Å². The molecule has 0 saturated carbocycles. The number of nitrogens with zero attached hydrogens (tertiary/aromatic N) is 3. The van der Waals surface area contributed by atoms with E-state index in [4.69, 9.17) is 5.73 Å². The highest BCUT2D eigenvalue weighted by atomic mass is 16.1. The van der Waals surface area contributed by atoms with Gasteiger partial charge in [0.15, 0.2) is 0 Å². The van der Waals surface area contributed by atoms with Crippen molar-refractivity contribution < 1.29 is 0 Å². The molecular weight excluding hydrogens is 316 g/mol. The zero-order chi connectivity index (χ0) is 17.1. The minimum absolute atomic E-state index is 0.238. The second-order valence-electron chi connectivity index (χ2n) is 6.08. The van der Waals surface area contributed by atoms with Crippen molar-refractivity contribution in [1.29, 1.82) is 0 Å². The summed E-state index contributed by atoms with van der Waals surface area (Å²) in [6.45, 7) is 1.97. The van der Waals surface area contributed by atoms with E-state index in [2.05, 4.69) is 20.1 Å². The third-order valence-electron chi connectivity index (χ3n) is 4.54. The maximum absolute atomic E-state index is 12.5. The van der Waals surface area contributed by atoms with E-state index in [1.54, 1.807) is 11.0 Å². The lowest BCUT2D eigenvalue weighted by Gasteiger charge is -2.07. The van der Waals surface area contributed by atoms with Crippen molar-refractivity contribution in [3.05, 3.63) is 58.6 Å². The summed E-state index contributed by atoms with van der Waals surface area (Å²) in [6.07, 6.45) is 1.65. The predicted molar refractivity (Wildman–Crippen MR) is 98.0 cm³/mol. The number of nitrogen functional groups attached to an aromatic ring is 1. The Morgan fingerprint density at radius 3 is 2.88 bits per heavy atom. The molecule has 3 aromatic heterocycles. The molecule has 122 valence electrons. The molecule has 0 fully saturated rings. The minimum Gasteiger partial charge on any atom is -0.383 e. The van der Waals surface area contributed by atoms with E-state index in [9.17, 15) is 4.79 Å². The van der Waals surface area contributed by atoms with Crippen molar-refractivity contribution in [2.45, 2.75) is 6.92 Å². The predicted octanol–water partition coefficient (Wildman–Crippen LogP) is 2.63. The van der Waals surface area contributed by atoms with Crippen molar-refractivity contribution >= 4 is 38.7 Å². The topological polar surface area (TPSA) is 105 Å². The fourth-order valence-electron chi connectivity index (χ4n) is 3.31. The Hall–Kier alpha value is -3.61. The molecule has 0 atom stereocenters. The molecule has 2 aromatic carbocycles. The molecule has 0 aliphatic heterocycles. The molecule has 0 radical (unpaired) electrons. The maximum atomic E-state index is 12.5. The first-order valence-electron chi connectivity index (χ1n) is 7.87. The SMILES string of the molecule is Cc1cc2nc[nH]c2cc1-n1nc2c(c1N)c(=O)[nH]c1ccccc12. The number of nitrogens with one attached hydrogen (secondary N) is 2. The van der Waals surface area contributed by atoms with Gasteiger partial charge in [-0.1, -0.05) is 18.2 Å². The molecule has 25 heavy (non-hydrogen) atoms. The standard InChI is InChI=1S/C18H14N6O/c1-9-6-12-13(21-8-20-12)7-14(9)24-17(19)15-16(23-24)10-4-2-3-5-11(10)22-18(15)25/h2-8H,19H2,1H3,(H,20,21)(H,22,25). The van der Waals surface area contributed by atoms with Gasteiger partial charge >= 0.3 is 0 Å². The summed E-state index contributed by atoms with van der Waals surface area (Å²) in [4.78, 5) is 22.7. The summed E-state index contributed by atoms with van der Waals surface area (Å²) in [7, 11) is 0. The van der Waals surface area contributed by atoms with Crippen LogP contribution in [0.15, 0.2) is 47.5 Å². The third-order valence-corrected chi connectivity index (χ3v) is 4.54. The summed E-state index contributed by atoms with van der Waals surface area (Å²) in [5.74, 6) is 0.323. The van der Waals surface area contributed by atoms with Crippen LogP contribution in [0.2, 0.25) is 0 Å². The number of hydrogen-bond acceptors (Lipinski definition) is 4. The van der Waals surface area contributed by atoms with Gasteiger partial charge in [0.2, 0.25) is 0 Å². The highest BCUT2D eigenvalue weighted by Crippen LogP contribution is 2.28. The lowest BCUT2D eigenvalue weighted by Crippen LogP contribution is -2.08. The number of rotatable bonds is 1. The van der Waals surface area contributed by atoms with Crippen LogP contribution < -0.4 is 11.3 Å². The minimum atomic E-state index is -0.238. The van der Waals surface area contributed by atoms with Crippen molar-refractivity contribution in [3.8, 4) is 5.69 Å². The van der Waals surface area contributed by atoms with Gasteiger partial charge in [-0.2, -0.15) is 5.10 Å². The summed E-state index contributed by atoms with van der Waals surface area (Å²) in [6, 6.07) is 11.5. The molecule has 0 spiro atoms. The highest BCUT2D eigenvalue weighted by Gasteiger charge is 2.17. The van der Waals surface area contributed by atoms with Gasteiger partial charge in [0.05, 0.1) is 28.6 Å². The van der Waals surface area contributed by atoms with Gasteiger partial charge < -0.3 is 15.7 Å². The van der Waals surface area contributed by atoms with Crippen LogP contribution >= 0.6 is 0 Å². The van der Waals surface area contributed by atoms with E-state index >= 15 is 0 Å². The molecule has 7 heteroatoms. The second-order valence-corrected chi connectivity index (χ2v) is 6.08. The van der Waals surface area contributed by atoms with Crippen molar-refractivity contribution in [3.63, 3.8) is 0 Å². The Bertz CT molecular complexity index is 1340. The number of anilines is 1. The molecule has 3 heterocycles. The van der Waals surface area contributed by atoms with Gasteiger partial charge in [0, 0.05) is 5.39 Å². The smallest absolute Gasteiger partial charge is 0.261 e. The van der Waals surface area contributed by atoms with E-state index in [0.717, 1.165) is 33.2 Å². The fraction of sp³-hybridized carbons (Fsp3) is 0.0556. The highest BCUT2D eigenvalue weighted by molar-refractivity contribution is 6.06. The Morgan fingerprint density at radius 2 is 2.00 bits per heavy atom. The number of benzene rings is 2. The van der Waals surface area contributed by atoms with E-state index in [0.29, 0.717) is 16.7 Å². The molecule has 0 saturated heterocycles. The Labute approximate surface area is 141 Å². The molecule has 0 bridgehead atoms. The number of aryl methyl sites for hydroxylation is 1. The zero-order valence-corrected chi connectivity index (χ0v) is 13.4.